The first kappa shape index (κ1) is 26.6. The molecule has 2 aliphatic heterocycles. The maximum Gasteiger partial charge on any atom is 0.328 e. The van der Waals surface area contributed by atoms with Crippen LogP contribution in [0.2, 0.25) is 0 Å². The maximum absolute atomic E-state index is 9.55. The van der Waals surface area contributed by atoms with Crippen molar-refractivity contribution in [3.63, 3.8) is 0 Å². The number of carboxylic acids is 2. The molecule has 0 radical (unpaired) electrons. The second-order valence-corrected chi connectivity index (χ2v) is 10.5. The number of piperidine rings is 2. The summed E-state index contributed by atoms with van der Waals surface area (Å²) < 4.78 is 0. The Labute approximate surface area is 171 Å². The van der Waals surface area contributed by atoms with Gasteiger partial charge in [0.05, 0.1) is 0 Å². The first-order valence-corrected chi connectivity index (χ1v) is 10.2. The SMILES string of the molecule is CC1(C)CCCC(C)(C)N1.CC1(C)CCCC(C)(C)N1.O=C(O)/C=C/C(=O)O. The largest absolute Gasteiger partial charge is 0.478 e. The predicted octanol–water partition coefficient (Wildman–Crippen LogP) is 4.35. The number of carboxylic acid groups (broad SMARTS) is 2. The van der Waals surface area contributed by atoms with Gasteiger partial charge in [0.1, 0.15) is 0 Å². The molecule has 0 saturated carbocycles. The molecule has 164 valence electrons. The molecule has 6 nitrogen and oxygen atoms in total. The van der Waals surface area contributed by atoms with Gasteiger partial charge in [0.25, 0.3) is 0 Å². The molecule has 2 rings (SSSR count). The van der Waals surface area contributed by atoms with Crippen LogP contribution in [0.3, 0.4) is 0 Å². The molecule has 0 amide bonds. The third-order valence-corrected chi connectivity index (χ3v) is 4.93. The van der Waals surface area contributed by atoms with Gasteiger partial charge in [-0.25, -0.2) is 9.59 Å². The summed E-state index contributed by atoms with van der Waals surface area (Å²) in [5, 5.41) is 22.9. The van der Waals surface area contributed by atoms with E-state index in [1.165, 1.54) is 38.5 Å². The van der Waals surface area contributed by atoms with E-state index >= 15 is 0 Å². The van der Waals surface area contributed by atoms with Crippen molar-refractivity contribution in [2.75, 3.05) is 0 Å². The van der Waals surface area contributed by atoms with E-state index < -0.39 is 11.9 Å². The van der Waals surface area contributed by atoms with Gasteiger partial charge >= 0.3 is 11.9 Å². The highest BCUT2D eigenvalue weighted by atomic mass is 16.4. The molecule has 4 N–H and O–H groups in total. The average molecular weight is 399 g/mol. The molecule has 0 spiro atoms. The molecular formula is C22H42N2O4. The molecule has 0 unspecified atom stereocenters. The minimum absolute atomic E-state index is 0.363. The van der Waals surface area contributed by atoms with Crippen molar-refractivity contribution in [1.29, 1.82) is 0 Å². The van der Waals surface area contributed by atoms with Crippen molar-refractivity contribution in [2.45, 2.75) is 116 Å². The third kappa shape index (κ3) is 13.7. The Balaban J connectivity index is 0.000000394. The van der Waals surface area contributed by atoms with Crippen LogP contribution in [0, 0.1) is 0 Å². The monoisotopic (exact) mass is 398 g/mol. The Kier molecular flexibility index (Phi) is 9.88. The molecule has 0 bridgehead atoms. The van der Waals surface area contributed by atoms with Crippen molar-refractivity contribution in [2.24, 2.45) is 0 Å². The second kappa shape index (κ2) is 10.4. The molecule has 2 heterocycles. The number of carbonyl (C=O) groups is 2. The van der Waals surface area contributed by atoms with Crippen LogP contribution in [0.15, 0.2) is 12.2 Å². The van der Waals surface area contributed by atoms with Gasteiger partial charge in [-0.3, -0.25) is 0 Å². The van der Waals surface area contributed by atoms with Gasteiger partial charge in [-0.05, 0) is 93.9 Å². The molecule has 0 aromatic rings. The lowest BCUT2D eigenvalue weighted by molar-refractivity contribution is -0.134. The Hall–Kier alpha value is -1.40. The van der Waals surface area contributed by atoms with Crippen LogP contribution in [-0.2, 0) is 9.59 Å². The fourth-order valence-electron chi connectivity index (χ4n) is 4.17. The standard InChI is InChI=1S/2C9H19N.C4H4O4/c2*1-8(2)6-5-7-9(3,4)10-8;5-3(6)1-2-4(7)8/h2*10H,5-7H2,1-4H3;1-2H,(H,5,6)(H,7,8)/b;;2-1+. The number of rotatable bonds is 2. The van der Waals surface area contributed by atoms with Crippen LogP contribution < -0.4 is 10.6 Å². The summed E-state index contributed by atoms with van der Waals surface area (Å²) in [5.41, 5.74) is 1.45. The zero-order valence-corrected chi connectivity index (χ0v) is 19.1. The van der Waals surface area contributed by atoms with Crippen molar-refractivity contribution in [1.82, 2.24) is 10.6 Å². The van der Waals surface area contributed by atoms with E-state index in [1.54, 1.807) is 0 Å². The lowest BCUT2D eigenvalue weighted by Crippen LogP contribution is -2.55. The Morgan fingerprint density at radius 3 is 0.929 bits per heavy atom. The quantitative estimate of drug-likeness (QED) is 0.516. The van der Waals surface area contributed by atoms with Gasteiger partial charge in [-0.15, -0.1) is 0 Å². The summed E-state index contributed by atoms with van der Waals surface area (Å²) in [6.07, 6.45) is 9.12. The lowest BCUT2D eigenvalue weighted by atomic mass is 9.83. The van der Waals surface area contributed by atoms with E-state index in [0.717, 1.165) is 0 Å². The molecule has 0 atom stereocenters. The van der Waals surface area contributed by atoms with Gasteiger partial charge in [-0.1, -0.05) is 0 Å². The van der Waals surface area contributed by atoms with Gasteiger partial charge in [0.15, 0.2) is 0 Å². The Bertz CT molecular complexity index is 473. The van der Waals surface area contributed by atoms with Crippen molar-refractivity contribution < 1.29 is 19.8 Å². The van der Waals surface area contributed by atoms with E-state index in [-0.39, 0.29) is 0 Å². The third-order valence-electron chi connectivity index (χ3n) is 4.93. The topological polar surface area (TPSA) is 98.7 Å². The second-order valence-electron chi connectivity index (χ2n) is 10.5. The number of hydrogen-bond acceptors (Lipinski definition) is 4. The van der Waals surface area contributed by atoms with E-state index in [2.05, 4.69) is 66.0 Å². The van der Waals surface area contributed by atoms with Gasteiger partial charge in [-0.2, -0.15) is 0 Å². The smallest absolute Gasteiger partial charge is 0.328 e. The summed E-state index contributed by atoms with van der Waals surface area (Å²) in [7, 11) is 0. The summed E-state index contributed by atoms with van der Waals surface area (Å²) in [6, 6.07) is 0. The van der Waals surface area contributed by atoms with E-state index in [9.17, 15) is 9.59 Å². The number of hydrogen-bond donors (Lipinski definition) is 4. The zero-order chi connectivity index (χ0) is 22.2. The van der Waals surface area contributed by atoms with Crippen LogP contribution in [0.4, 0.5) is 0 Å². The number of nitrogens with one attached hydrogen (secondary N) is 2. The van der Waals surface area contributed by atoms with Gasteiger partial charge in [0.2, 0.25) is 0 Å². The normalized spacial score (nSPS) is 24.1. The molecule has 28 heavy (non-hydrogen) atoms. The molecule has 0 aliphatic carbocycles. The molecule has 0 aromatic carbocycles. The summed E-state index contributed by atoms with van der Waals surface area (Å²) in [6.45, 7) is 18.3. The molecule has 2 aliphatic rings. The zero-order valence-electron chi connectivity index (χ0n) is 19.1. The summed E-state index contributed by atoms with van der Waals surface area (Å²) in [4.78, 5) is 19.1. The van der Waals surface area contributed by atoms with E-state index in [0.29, 0.717) is 34.3 Å². The molecular weight excluding hydrogens is 356 g/mol. The van der Waals surface area contributed by atoms with Crippen molar-refractivity contribution in [3.05, 3.63) is 12.2 Å². The van der Waals surface area contributed by atoms with Crippen LogP contribution in [0.25, 0.3) is 0 Å². The molecule has 2 saturated heterocycles. The predicted molar refractivity (Wildman–Crippen MR) is 115 cm³/mol. The Morgan fingerprint density at radius 1 is 0.607 bits per heavy atom. The molecule has 6 heteroatoms. The first-order chi connectivity index (χ1) is 12.5. The fourth-order valence-corrected chi connectivity index (χ4v) is 4.17. The minimum Gasteiger partial charge on any atom is -0.478 e. The molecule has 0 aromatic heterocycles. The van der Waals surface area contributed by atoms with Crippen molar-refractivity contribution in [3.8, 4) is 0 Å². The van der Waals surface area contributed by atoms with Gasteiger partial charge < -0.3 is 20.8 Å². The number of aliphatic carboxylic acids is 2. The van der Waals surface area contributed by atoms with Crippen LogP contribution in [0.5, 0.6) is 0 Å². The van der Waals surface area contributed by atoms with E-state index in [1.807, 2.05) is 0 Å². The van der Waals surface area contributed by atoms with Crippen LogP contribution >= 0.6 is 0 Å². The van der Waals surface area contributed by atoms with E-state index in [4.69, 9.17) is 10.2 Å². The lowest BCUT2D eigenvalue weighted by Gasteiger charge is -2.42. The van der Waals surface area contributed by atoms with Crippen molar-refractivity contribution >= 4 is 11.9 Å². The van der Waals surface area contributed by atoms with Crippen LogP contribution in [0.1, 0.15) is 93.9 Å². The first-order valence-electron chi connectivity index (χ1n) is 10.2. The Morgan fingerprint density at radius 2 is 0.821 bits per heavy atom. The highest BCUT2D eigenvalue weighted by Crippen LogP contribution is 2.28. The summed E-state index contributed by atoms with van der Waals surface area (Å²) >= 11 is 0. The van der Waals surface area contributed by atoms with Crippen LogP contribution in [-0.4, -0.2) is 44.3 Å². The highest BCUT2D eigenvalue weighted by molar-refractivity contribution is 5.89. The minimum atomic E-state index is -1.26. The molecule has 2 fully saturated rings. The maximum atomic E-state index is 9.55. The summed E-state index contributed by atoms with van der Waals surface area (Å²) in [5.74, 6) is -2.51. The van der Waals surface area contributed by atoms with Gasteiger partial charge in [0, 0.05) is 34.3 Å². The highest BCUT2D eigenvalue weighted by Gasteiger charge is 2.32. The average Bonchev–Trinajstić information content (AvgIpc) is 2.41. The fraction of sp³-hybridized carbons (Fsp3) is 0.818.